The van der Waals surface area contributed by atoms with Crippen molar-refractivity contribution in [2.24, 2.45) is 0 Å². The van der Waals surface area contributed by atoms with E-state index in [1.807, 2.05) is 48.8 Å². The number of carbonyl (C=O) groups is 1. The van der Waals surface area contributed by atoms with Crippen LogP contribution in [0.2, 0.25) is 0 Å². The highest BCUT2D eigenvalue weighted by Gasteiger charge is 2.41. The first-order valence-corrected chi connectivity index (χ1v) is 12.0. The number of nitrogens with one attached hydrogen (secondary N) is 1. The smallest absolute Gasteiger partial charge is 0.410 e. The van der Waals surface area contributed by atoms with Gasteiger partial charge < -0.3 is 19.0 Å². The predicted octanol–water partition coefficient (Wildman–Crippen LogP) is 4.45. The number of rotatable bonds is 2. The van der Waals surface area contributed by atoms with Gasteiger partial charge in [-0.05, 0) is 58.4 Å². The molecule has 0 aliphatic carbocycles. The summed E-state index contributed by atoms with van der Waals surface area (Å²) in [4.78, 5) is 43.0. The third-order valence-corrected chi connectivity index (χ3v) is 6.35. The molecule has 1 aliphatic rings. The van der Waals surface area contributed by atoms with E-state index in [1.165, 1.54) is 4.90 Å². The Bertz CT molecular complexity index is 1540. The number of pyridine rings is 2. The van der Waals surface area contributed by atoms with E-state index in [2.05, 4.69) is 19.9 Å². The molecule has 0 unspecified atom stereocenters. The van der Waals surface area contributed by atoms with Gasteiger partial charge in [-0.15, -0.1) is 0 Å². The standard InChI is InChI=1S/C26H29FN6O3/c1-15-12-18(17-6-7-19-28-16(2)13-33(19)14-17)29-21-20(15)30-23(31-22(21)34)26(27)8-10-32(11-9-26)24(35)36-25(3,4)5/h6-7,12-14H,8-11H2,1-5H3,(H,30,31,34). The van der Waals surface area contributed by atoms with Crippen LogP contribution in [0.25, 0.3) is 27.9 Å². The number of nitrogens with zero attached hydrogens (tertiary/aromatic N) is 5. The molecular weight excluding hydrogens is 463 g/mol. The van der Waals surface area contributed by atoms with Crippen molar-refractivity contribution in [3.63, 3.8) is 0 Å². The van der Waals surface area contributed by atoms with Crippen LogP contribution in [0.1, 0.15) is 50.7 Å². The number of halogens is 1. The molecular formula is C26H29FN6O3. The summed E-state index contributed by atoms with van der Waals surface area (Å²) < 4.78 is 23.3. The lowest BCUT2D eigenvalue weighted by atomic mass is 9.92. The lowest BCUT2D eigenvalue weighted by Crippen LogP contribution is -2.46. The minimum atomic E-state index is -1.86. The van der Waals surface area contributed by atoms with Crippen LogP contribution in [0.5, 0.6) is 0 Å². The fourth-order valence-electron chi connectivity index (χ4n) is 4.51. The maximum atomic E-state index is 16.0. The highest BCUT2D eigenvalue weighted by Crippen LogP contribution is 2.36. The number of likely N-dealkylation sites (tertiary alicyclic amines) is 1. The molecule has 5 heterocycles. The minimum absolute atomic E-state index is 0.00951. The van der Waals surface area contributed by atoms with Gasteiger partial charge in [-0.3, -0.25) is 4.79 Å². The number of hydrogen-bond donors (Lipinski definition) is 1. The number of fused-ring (bicyclic) bond motifs is 2. The van der Waals surface area contributed by atoms with E-state index >= 15 is 4.39 Å². The van der Waals surface area contributed by atoms with Gasteiger partial charge in [0.2, 0.25) is 0 Å². The molecule has 1 saturated heterocycles. The lowest BCUT2D eigenvalue weighted by molar-refractivity contribution is 0.000199. The summed E-state index contributed by atoms with van der Waals surface area (Å²) in [6.07, 6.45) is 3.38. The number of carbonyl (C=O) groups excluding carboxylic acids is 1. The van der Waals surface area contributed by atoms with Gasteiger partial charge in [0.05, 0.1) is 16.9 Å². The maximum absolute atomic E-state index is 16.0. The molecule has 0 spiro atoms. The normalized spacial score (nSPS) is 16.0. The molecule has 36 heavy (non-hydrogen) atoms. The van der Waals surface area contributed by atoms with Gasteiger partial charge in [-0.25, -0.2) is 24.1 Å². The highest BCUT2D eigenvalue weighted by atomic mass is 19.1. The summed E-state index contributed by atoms with van der Waals surface area (Å²) in [5.74, 6) is -0.0307. The Kier molecular flexibility index (Phi) is 5.57. The molecule has 0 aromatic carbocycles. The summed E-state index contributed by atoms with van der Waals surface area (Å²) in [6.45, 7) is 9.45. The molecule has 4 aromatic heterocycles. The zero-order valence-electron chi connectivity index (χ0n) is 21.1. The van der Waals surface area contributed by atoms with Crippen LogP contribution in [-0.2, 0) is 10.4 Å². The second-order valence-electron chi connectivity index (χ2n) is 10.4. The van der Waals surface area contributed by atoms with Crippen LogP contribution in [0.15, 0.2) is 35.4 Å². The molecule has 1 N–H and O–H groups in total. The largest absolute Gasteiger partial charge is 0.444 e. The predicted molar refractivity (Wildman–Crippen MR) is 134 cm³/mol. The number of alkyl halides is 1. The van der Waals surface area contributed by atoms with Crippen molar-refractivity contribution in [3.05, 3.63) is 58.0 Å². The summed E-state index contributed by atoms with van der Waals surface area (Å²) in [6, 6.07) is 5.64. The van der Waals surface area contributed by atoms with Crippen molar-refractivity contribution >= 4 is 22.8 Å². The first-order chi connectivity index (χ1) is 16.9. The monoisotopic (exact) mass is 492 g/mol. The van der Waals surface area contributed by atoms with Crippen LogP contribution in [0, 0.1) is 13.8 Å². The molecule has 0 bridgehead atoms. The van der Waals surface area contributed by atoms with Crippen molar-refractivity contribution < 1.29 is 13.9 Å². The van der Waals surface area contributed by atoms with Crippen LogP contribution < -0.4 is 5.56 Å². The molecule has 10 heteroatoms. The van der Waals surface area contributed by atoms with Crippen LogP contribution >= 0.6 is 0 Å². The van der Waals surface area contributed by atoms with Crippen molar-refractivity contribution in [2.45, 2.75) is 58.7 Å². The quantitative estimate of drug-likeness (QED) is 0.443. The number of hydrogen-bond acceptors (Lipinski definition) is 6. The van der Waals surface area contributed by atoms with Gasteiger partial charge >= 0.3 is 6.09 Å². The molecule has 0 atom stereocenters. The van der Waals surface area contributed by atoms with Crippen molar-refractivity contribution in [2.75, 3.05) is 13.1 Å². The first-order valence-electron chi connectivity index (χ1n) is 12.0. The molecule has 1 amide bonds. The Morgan fingerprint density at radius 1 is 1.08 bits per heavy atom. The zero-order chi connectivity index (χ0) is 25.8. The van der Waals surface area contributed by atoms with Gasteiger partial charge in [0.1, 0.15) is 17.1 Å². The molecule has 1 aliphatic heterocycles. The average molecular weight is 493 g/mol. The van der Waals surface area contributed by atoms with E-state index in [1.54, 1.807) is 20.8 Å². The third-order valence-electron chi connectivity index (χ3n) is 6.35. The van der Waals surface area contributed by atoms with E-state index in [0.717, 1.165) is 22.5 Å². The van der Waals surface area contributed by atoms with Crippen molar-refractivity contribution in [3.8, 4) is 11.3 Å². The van der Waals surface area contributed by atoms with Gasteiger partial charge in [0.15, 0.2) is 11.2 Å². The zero-order valence-corrected chi connectivity index (χ0v) is 21.1. The number of amides is 1. The molecule has 0 radical (unpaired) electrons. The molecule has 0 saturated carbocycles. The molecule has 5 rings (SSSR count). The minimum Gasteiger partial charge on any atom is -0.444 e. The number of piperidine rings is 1. The fraction of sp³-hybridized carbons (Fsp3) is 0.423. The van der Waals surface area contributed by atoms with E-state index in [9.17, 15) is 9.59 Å². The number of ether oxygens (including phenoxy) is 1. The molecule has 1 fully saturated rings. The van der Waals surface area contributed by atoms with Gasteiger partial charge in [-0.2, -0.15) is 0 Å². The average Bonchev–Trinajstić information content (AvgIpc) is 3.18. The second-order valence-corrected chi connectivity index (χ2v) is 10.4. The van der Waals surface area contributed by atoms with Crippen molar-refractivity contribution in [1.29, 1.82) is 0 Å². The number of aromatic nitrogens is 5. The van der Waals surface area contributed by atoms with E-state index in [-0.39, 0.29) is 37.3 Å². The lowest BCUT2D eigenvalue weighted by Gasteiger charge is -2.36. The van der Waals surface area contributed by atoms with E-state index in [4.69, 9.17) is 4.74 Å². The first kappa shape index (κ1) is 23.9. The Morgan fingerprint density at radius 2 is 1.81 bits per heavy atom. The molecule has 188 valence electrons. The van der Waals surface area contributed by atoms with Gasteiger partial charge in [-0.1, -0.05) is 0 Å². The summed E-state index contributed by atoms with van der Waals surface area (Å²) >= 11 is 0. The van der Waals surface area contributed by atoms with E-state index < -0.39 is 22.9 Å². The number of aryl methyl sites for hydroxylation is 2. The highest BCUT2D eigenvalue weighted by molar-refractivity contribution is 5.81. The number of imidazole rings is 1. The number of H-pyrrole nitrogens is 1. The maximum Gasteiger partial charge on any atom is 0.410 e. The second kappa shape index (κ2) is 8.39. The summed E-state index contributed by atoms with van der Waals surface area (Å²) in [7, 11) is 0. The Hall–Kier alpha value is -3.82. The van der Waals surface area contributed by atoms with Crippen molar-refractivity contribution in [1.82, 2.24) is 29.2 Å². The summed E-state index contributed by atoms with van der Waals surface area (Å²) in [5, 5.41) is 0. The molecule has 9 nitrogen and oxygen atoms in total. The Balaban J connectivity index is 1.45. The van der Waals surface area contributed by atoms with Crippen LogP contribution in [-0.4, -0.2) is 54.0 Å². The van der Waals surface area contributed by atoms with Crippen LogP contribution in [0.3, 0.4) is 0 Å². The number of aromatic amines is 1. The Morgan fingerprint density at radius 3 is 2.50 bits per heavy atom. The van der Waals surface area contributed by atoms with Gasteiger partial charge in [0, 0.05) is 43.9 Å². The van der Waals surface area contributed by atoms with Gasteiger partial charge in [0.25, 0.3) is 5.56 Å². The molecule has 4 aromatic rings. The third kappa shape index (κ3) is 4.43. The Labute approximate surface area is 207 Å². The van der Waals surface area contributed by atoms with E-state index in [0.29, 0.717) is 11.2 Å². The fourth-order valence-corrected chi connectivity index (χ4v) is 4.51. The summed E-state index contributed by atoms with van der Waals surface area (Å²) in [5.41, 5.74) is 1.43. The van der Waals surface area contributed by atoms with Crippen LogP contribution in [0.4, 0.5) is 9.18 Å². The topological polar surface area (TPSA) is 105 Å². The SMILES string of the molecule is Cc1cn2cc(-c3cc(C)c4nc(C5(F)CCN(C(=O)OC(C)(C)C)CC5)[nH]c(=O)c4n3)ccc2n1.